The lowest BCUT2D eigenvalue weighted by Crippen LogP contribution is -2.57. The molecule has 2 aromatic rings. The van der Waals surface area contributed by atoms with Gasteiger partial charge in [-0.25, -0.2) is 0 Å². The van der Waals surface area contributed by atoms with Crippen LogP contribution in [0.15, 0.2) is 42.5 Å². The number of carbonyl (C=O) groups is 3. The number of halogens is 1. The van der Waals surface area contributed by atoms with Crippen LogP contribution in [0.5, 0.6) is 5.75 Å². The van der Waals surface area contributed by atoms with Gasteiger partial charge in [-0.05, 0) is 74.9 Å². The second kappa shape index (κ2) is 11.5. The number of carbonyl (C=O) groups excluding carboxylic acids is 3. The smallest absolute Gasteiger partial charge is 0.250 e. The van der Waals surface area contributed by atoms with Crippen LogP contribution in [-0.2, 0) is 19.1 Å². The zero-order valence-electron chi connectivity index (χ0n) is 24.8. The molecule has 42 heavy (non-hydrogen) atoms. The molecule has 3 saturated heterocycles. The van der Waals surface area contributed by atoms with E-state index in [1.165, 1.54) is 4.90 Å². The van der Waals surface area contributed by atoms with E-state index < -0.39 is 41.0 Å². The van der Waals surface area contributed by atoms with Crippen molar-refractivity contribution in [1.82, 2.24) is 4.90 Å². The van der Waals surface area contributed by atoms with Gasteiger partial charge in [-0.3, -0.25) is 14.4 Å². The van der Waals surface area contributed by atoms with Gasteiger partial charge in [0.1, 0.15) is 17.4 Å². The average molecular weight is 598 g/mol. The molecule has 0 saturated carbocycles. The monoisotopic (exact) mass is 597 g/mol. The number of para-hydroxylation sites is 1. The van der Waals surface area contributed by atoms with E-state index >= 15 is 0 Å². The van der Waals surface area contributed by atoms with Crippen LogP contribution in [0.3, 0.4) is 0 Å². The first-order chi connectivity index (χ1) is 20.0. The Bertz CT molecular complexity index is 1350. The highest BCUT2D eigenvalue weighted by Crippen LogP contribution is 2.64. The Morgan fingerprint density at radius 3 is 2.43 bits per heavy atom. The first-order valence-corrected chi connectivity index (χ1v) is 15.1. The summed E-state index contributed by atoms with van der Waals surface area (Å²) in [4.78, 5) is 44.2. The van der Waals surface area contributed by atoms with Crippen LogP contribution < -0.4 is 15.4 Å². The lowest BCUT2D eigenvalue weighted by atomic mass is 9.65. The quantitative estimate of drug-likeness (QED) is 0.362. The Labute approximate surface area is 251 Å². The zero-order chi connectivity index (χ0) is 30.4. The number of ether oxygens (including phenoxy) is 2. The standard InChI is InChI=1S/C32H40ClN3O6/c1-6-31-15-16-32(42-31)25(24(31)28(38)34-20-11-13-21(14-12-20)41-7-2)30(40)36(23(17-37)18(3)4)27(32)29(39)35-26-19(5)9-8-10-22(26)33/h8-14,18,23-25,27,37H,6-7,15-17H2,1-5H3,(H,34,38)(H,35,39)/t23-,24+,25-,27?,31-,32?/m0/s1. The minimum Gasteiger partial charge on any atom is -0.494 e. The van der Waals surface area contributed by atoms with Gasteiger partial charge in [0, 0.05) is 5.69 Å². The highest BCUT2D eigenvalue weighted by atomic mass is 35.5. The van der Waals surface area contributed by atoms with Crippen LogP contribution >= 0.6 is 11.6 Å². The largest absolute Gasteiger partial charge is 0.494 e. The number of aliphatic hydroxyl groups is 1. The number of nitrogens with zero attached hydrogens (tertiary/aromatic N) is 1. The molecule has 10 heteroatoms. The summed E-state index contributed by atoms with van der Waals surface area (Å²) < 4.78 is 12.3. The van der Waals surface area contributed by atoms with Crippen LogP contribution in [-0.4, -0.2) is 64.2 Å². The van der Waals surface area contributed by atoms with Crippen LogP contribution in [0.1, 0.15) is 52.5 Å². The first-order valence-electron chi connectivity index (χ1n) is 14.8. The van der Waals surface area contributed by atoms with E-state index in [4.69, 9.17) is 21.1 Å². The number of benzene rings is 2. The van der Waals surface area contributed by atoms with Crippen molar-refractivity contribution in [1.29, 1.82) is 0 Å². The summed E-state index contributed by atoms with van der Waals surface area (Å²) in [7, 11) is 0. The van der Waals surface area contributed by atoms with E-state index in [2.05, 4.69) is 10.6 Å². The molecular formula is C32H40ClN3O6. The van der Waals surface area contributed by atoms with Crippen molar-refractivity contribution in [2.24, 2.45) is 17.8 Å². The lowest BCUT2D eigenvalue weighted by molar-refractivity contribution is -0.149. The molecule has 3 heterocycles. The van der Waals surface area contributed by atoms with Gasteiger partial charge in [-0.1, -0.05) is 44.5 Å². The van der Waals surface area contributed by atoms with Gasteiger partial charge in [-0.2, -0.15) is 0 Å². The fourth-order valence-electron chi connectivity index (χ4n) is 7.33. The summed E-state index contributed by atoms with van der Waals surface area (Å²) in [6.45, 7) is 9.69. The van der Waals surface area contributed by atoms with Gasteiger partial charge in [0.2, 0.25) is 17.7 Å². The number of anilines is 2. The highest BCUT2D eigenvalue weighted by molar-refractivity contribution is 6.34. The predicted octanol–water partition coefficient (Wildman–Crippen LogP) is 4.80. The van der Waals surface area contributed by atoms with E-state index in [0.717, 1.165) is 5.56 Å². The number of aryl methyl sites for hydroxylation is 1. The lowest BCUT2D eigenvalue weighted by Gasteiger charge is -2.38. The third-order valence-electron chi connectivity index (χ3n) is 9.37. The molecule has 3 aliphatic heterocycles. The Morgan fingerprint density at radius 1 is 1.12 bits per heavy atom. The van der Waals surface area contributed by atoms with E-state index in [1.54, 1.807) is 36.4 Å². The van der Waals surface area contributed by atoms with Crippen molar-refractivity contribution < 1.29 is 29.0 Å². The van der Waals surface area contributed by atoms with Crippen molar-refractivity contribution >= 4 is 40.7 Å². The molecule has 226 valence electrons. The van der Waals surface area contributed by atoms with Gasteiger partial charge in [0.15, 0.2) is 0 Å². The van der Waals surface area contributed by atoms with Gasteiger partial charge < -0.3 is 30.1 Å². The predicted molar refractivity (Wildman–Crippen MR) is 160 cm³/mol. The minimum atomic E-state index is -1.23. The molecule has 0 aliphatic carbocycles. The summed E-state index contributed by atoms with van der Waals surface area (Å²) in [6, 6.07) is 10.7. The molecule has 2 aromatic carbocycles. The third kappa shape index (κ3) is 4.75. The zero-order valence-corrected chi connectivity index (χ0v) is 25.5. The van der Waals surface area contributed by atoms with Gasteiger partial charge in [-0.15, -0.1) is 0 Å². The Kier molecular flexibility index (Phi) is 8.31. The third-order valence-corrected chi connectivity index (χ3v) is 9.68. The van der Waals surface area contributed by atoms with Crippen LogP contribution in [0.25, 0.3) is 0 Å². The topological polar surface area (TPSA) is 117 Å². The fourth-order valence-corrected chi connectivity index (χ4v) is 7.60. The summed E-state index contributed by atoms with van der Waals surface area (Å²) in [5, 5.41) is 16.8. The number of likely N-dealkylation sites (tertiary alicyclic amines) is 1. The molecule has 3 N–H and O–H groups in total. The summed E-state index contributed by atoms with van der Waals surface area (Å²) in [6.07, 6.45) is 1.48. The molecule has 3 amide bonds. The molecule has 3 aliphatic rings. The number of hydrogen-bond donors (Lipinski definition) is 3. The number of nitrogens with one attached hydrogen (secondary N) is 2. The molecule has 3 fully saturated rings. The maximum atomic E-state index is 14.5. The molecule has 1 spiro atoms. The highest BCUT2D eigenvalue weighted by Gasteiger charge is 2.79. The fraction of sp³-hybridized carbons (Fsp3) is 0.531. The molecule has 0 radical (unpaired) electrons. The van der Waals surface area contributed by atoms with Crippen molar-refractivity contribution in [3.05, 3.63) is 53.1 Å². The van der Waals surface area contributed by atoms with E-state index in [0.29, 0.717) is 48.0 Å². The molecular weight excluding hydrogens is 558 g/mol. The summed E-state index contributed by atoms with van der Waals surface area (Å²) >= 11 is 6.46. The van der Waals surface area contributed by atoms with Crippen LogP contribution in [0, 0.1) is 24.7 Å². The molecule has 9 nitrogen and oxygen atoms in total. The Morgan fingerprint density at radius 2 is 1.83 bits per heavy atom. The maximum Gasteiger partial charge on any atom is 0.250 e. The van der Waals surface area contributed by atoms with E-state index in [1.807, 2.05) is 40.7 Å². The van der Waals surface area contributed by atoms with Crippen molar-refractivity contribution in [3.63, 3.8) is 0 Å². The summed E-state index contributed by atoms with van der Waals surface area (Å²) in [5.74, 6) is -2.28. The molecule has 0 aromatic heterocycles. The molecule has 6 atom stereocenters. The van der Waals surface area contributed by atoms with Gasteiger partial charge in [0.25, 0.3) is 0 Å². The Hall–Kier alpha value is -3.14. The molecule has 2 bridgehead atoms. The van der Waals surface area contributed by atoms with Crippen LogP contribution in [0.4, 0.5) is 11.4 Å². The number of amides is 3. The van der Waals surface area contributed by atoms with E-state index in [-0.39, 0.29) is 24.3 Å². The van der Waals surface area contributed by atoms with Crippen molar-refractivity contribution in [2.75, 3.05) is 23.8 Å². The number of aliphatic hydroxyl groups excluding tert-OH is 1. The SMILES string of the molecule is CCOc1ccc(NC(=O)[C@H]2[C@H]3C(=O)N([C@@H](CO)C(C)C)C(C(=O)Nc4c(C)cccc4Cl)C34CC[C@]2(CC)O4)cc1. The Balaban J connectivity index is 1.55. The average Bonchev–Trinajstić information content (AvgIpc) is 3.56. The van der Waals surface area contributed by atoms with Crippen LogP contribution in [0.2, 0.25) is 5.02 Å². The number of hydrogen-bond acceptors (Lipinski definition) is 6. The second-order valence-electron chi connectivity index (χ2n) is 11.9. The number of fused-ring (bicyclic) bond motifs is 1. The minimum absolute atomic E-state index is 0.153. The maximum absolute atomic E-state index is 14.5. The normalized spacial score (nSPS) is 28.6. The second-order valence-corrected chi connectivity index (χ2v) is 12.3. The van der Waals surface area contributed by atoms with E-state index in [9.17, 15) is 19.5 Å². The van der Waals surface area contributed by atoms with Gasteiger partial charge >= 0.3 is 0 Å². The van der Waals surface area contributed by atoms with Crippen molar-refractivity contribution in [3.8, 4) is 5.75 Å². The van der Waals surface area contributed by atoms with Crippen molar-refractivity contribution in [2.45, 2.75) is 77.2 Å². The molecule has 2 unspecified atom stereocenters. The molecule has 5 rings (SSSR count). The summed E-state index contributed by atoms with van der Waals surface area (Å²) in [5.41, 5.74) is -0.308. The van der Waals surface area contributed by atoms with Gasteiger partial charge in [0.05, 0.1) is 47.4 Å². The number of rotatable bonds is 10. The first kappa shape index (κ1) is 30.3.